The molecule has 0 saturated carbocycles. The summed E-state index contributed by atoms with van der Waals surface area (Å²) in [4.78, 5) is 2.27. The van der Waals surface area contributed by atoms with Crippen LogP contribution in [0, 0.1) is 0 Å². The van der Waals surface area contributed by atoms with Crippen LogP contribution in [0.1, 0.15) is 30.0 Å². The third-order valence-electron chi connectivity index (χ3n) is 3.56. The van der Waals surface area contributed by atoms with Crippen molar-refractivity contribution < 1.29 is 0 Å². The van der Waals surface area contributed by atoms with Crippen LogP contribution < -0.4 is 10.6 Å². The van der Waals surface area contributed by atoms with E-state index < -0.39 is 0 Å². The molecule has 0 atom stereocenters. The second kappa shape index (κ2) is 7.11. The summed E-state index contributed by atoms with van der Waals surface area (Å²) in [5.41, 5.74) is 10.8. The van der Waals surface area contributed by atoms with Crippen molar-refractivity contribution in [2.75, 3.05) is 11.9 Å². The molecule has 0 aliphatic carbocycles. The number of nitrogens with two attached hydrogens (primary N) is 1. The summed E-state index contributed by atoms with van der Waals surface area (Å²) in [5, 5.41) is 0. The van der Waals surface area contributed by atoms with E-state index in [1.54, 1.807) is 0 Å². The summed E-state index contributed by atoms with van der Waals surface area (Å²) < 4.78 is 0. The fourth-order valence-corrected chi connectivity index (χ4v) is 2.43. The van der Waals surface area contributed by atoms with Gasteiger partial charge in [-0.3, -0.25) is 0 Å². The first-order valence-corrected chi connectivity index (χ1v) is 7.31. The van der Waals surface area contributed by atoms with E-state index >= 15 is 0 Å². The predicted molar refractivity (Wildman–Crippen MR) is 86.9 cm³/mol. The van der Waals surface area contributed by atoms with Gasteiger partial charge in [-0.25, -0.2) is 0 Å². The van der Waals surface area contributed by atoms with E-state index in [1.165, 1.54) is 28.8 Å². The molecule has 2 nitrogen and oxygen atoms in total. The van der Waals surface area contributed by atoms with Crippen molar-refractivity contribution in [3.63, 3.8) is 0 Å². The zero-order valence-corrected chi connectivity index (χ0v) is 12.5. The zero-order valence-electron chi connectivity index (χ0n) is 12.5. The molecule has 0 spiro atoms. The average Bonchev–Trinajstić information content (AvgIpc) is 2.48. The molecule has 2 aromatic rings. The Bertz CT molecular complexity index is 531. The first-order chi connectivity index (χ1) is 9.72. The summed E-state index contributed by atoms with van der Waals surface area (Å²) in [5.74, 6) is 0. The summed E-state index contributed by atoms with van der Waals surface area (Å²) in [6, 6.07) is 17.4. The number of anilines is 1. The quantitative estimate of drug-likeness (QED) is 0.865. The van der Waals surface area contributed by atoms with Gasteiger partial charge in [0, 0.05) is 25.8 Å². The van der Waals surface area contributed by atoms with Crippen LogP contribution in [0.2, 0.25) is 0 Å². The van der Waals surface area contributed by atoms with Gasteiger partial charge in [0.1, 0.15) is 0 Å². The number of nitrogens with zero attached hydrogens (tertiary/aromatic N) is 1. The van der Waals surface area contributed by atoms with Gasteiger partial charge in [-0.05, 0) is 35.2 Å². The van der Waals surface area contributed by atoms with E-state index in [4.69, 9.17) is 5.73 Å². The Morgan fingerprint density at radius 2 is 1.65 bits per heavy atom. The zero-order chi connectivity index (χ0) is 14.4. The molecule has 0 bridgehead atoms. The Morgan fingerprint density at radius 1 is 0.950 bits per heavy atom. The van der Waals surface area contributed by atoms with Gasteiger partial charge in [-0.15, -0.1) is 0 Å². The Morgan fingerprint density at radius 3 is 2.30 bits per heavy atom. The molecule has 2 aromatic carbocycles. The molecule has 0 saturated heterocycles. The van der Waals surface area contributed by atoms with Crippen molar-refractivity contribution in [2.45, 2.75) is 32.9 Å². The van der Waals surface area contributed by atoms with Crippen molar-refractivity contribution in [3.05, 3.63) is 65.2 Å². The number of hydrogen-bond donors (Lipinski definition) is 1. The molecule has 2 N–H and O–H groups in total. The van der Waals surface area contributed by atoms with Crippen LogP contribution in [-0.4, -0.2) is 7.05 Å². The predicted octanol–water partition coefficient (Wildman–Crippen LogP) is 3.73. The summed E-state index contributed by atoms with van der Waals surface area (Å²) >= 11 is 0. The van der Waals surface area contributed by atoms with E-state index in [1.807, 2.05) is 0 Å². The van der Waals surface area contributed by atoms with E-state index in [-0.39, 0.29) is 0 Å². The van der Waals surface area contributed by atoms with Gasteiger partial charge in [0.25, 0.3) is 0 Å². The van der Waals surface area contributed by atoms with Gasteiger partial charge < -0.3 is 10.6 Å². The molecule has 0 heterocycles. The Hall–Kier alpha value is -1.80. The van der Waals surface area contributed by atoms with Crippen molar-refractivity contribution in [2.24, 2.45) is 5.73 Å². The first kappa shape index (κ1) is 14.6. The lowest BCUT2D eigenvalue weighted by Gasteiger charge is -2.20. The van der Waals surface area contributed by atoms with Crippen LogP contribution in [0.5, 0.6) is 0 Å². The second-order valence-corrected chi connectivity index (χ2v) is 5.30. The van der Waals surface area contributed by atoms with Crippen LogP contribution in [-0.2, 0) is 19.5 Å². The Labute approximate surface area is 122 Å². The highest BCUT2D eigenvalue weighted by atomic mass is 15.1. The Kier molecular flexibility index (Phi) is 5.19. The smallest absolute Gasteiger partial charge is 0.0426 e. The normalized spacial score (nSPS) is 10.6. The molecule has 0 unspecified atom stereocenters. The van der Waals surface area contributed by atoms with Crippen LogP contribution in [0.3, 0.4) is 0 Å². The summed E-state index contributed by atoms with van der Waals surface area (Å²) in [6.45, 7) is 3.72. The van der Waals surface area contributed by atoms with Crippen molar-refractivity contribution in [3.8, 4) is 0 Å². The van der Waals surface area contributed by atoms with Gasteiger partial charge >= 0.3 is 0 Å². The van der Waals surface area contributed by atoms with Gasteiger partial charge in [0.15, 0.2) is 0 Å². The van der Waals surface area contributed by atoms with Crippen LogP contribution in [0.4, 0.5) is 5.69 Å². The lowest BCUT2D eigenvalue weighted by atomic mass is 10.1. The lowest BCUT2D eigenvalue weighted by molar-refractivity contribution is 0.905. The third-order valence-corrected chi connectivity index (χ3v) is 3.56. The third kappa shape index (κ3) is 3.84. The van der Waals surface area contributed by atoms with Gasteiger partial charge in [-0.2, -0.15) is 0 Å². The summed E-state index contributed by atoms with van der Waals surface area (Å²) in [7, 11) is 2.13. The molecule has 20 heavy (non-hydrogen) atoms. The highest BCUT2D eigenvalue weighted by Crippen LogP contribution is 2.17. The maximum absolute atomic E-state index is 5.69. The summed E-state index contributed by atoms with van der Waals surface area (Å²) in [6.07, 6.45) is 2.35. The average molecular weight is 268 g/mol. The standard InChI is InChI=1S/C18H24N2/c1-3-5-15-8-10-18(11-9-15)20(2)14-17-7-4-6-16(12-17)13-19/h4,6-12H,3,5,13-14,19H2,1-2H3. The largest absolute Gasteiger partial charge is 0.370 e. The van der Waals surface area contributed by atoms with E-state index in [9.17, 15) is 0 Å². The fraction of sp³-hybridized carbons (Fsp3) is 0.333. The minimum Gasteiger partial charge on any atom is -0.370 e. The maximum atomic E-state index is 5.69. The SMILES string of the molecule is CCCc1ccc(N(C)Cc2cccc(CN)c2)cc1. The molecule has 0 aromatic heterocycles. The number of aryl methyl sites for hydroxylation is 1. The van der Waals surface area contributed by atoms with Gasteiger partial charge in [0.05, 0.1) is 0 Å². The molecular weight excluding hydrogens is 244 g/mol. The van der Waals surface area contributed by atoms with Crippen LogP contribution >= 0.6 is 0 Å². The first-order valence-electron chi connectivity index (χ1n) is 7.31. The molecular formula is C18H24N2. The molecule has 106 valence electrons. The van der Waals surface area contributed by atoms with Gasteiger partial charge in [-0.1, -0.05) is 49.7 Å². The molecule has 0 fully saturated rings. The minimum atomic E-state index is 0.600. The number of benzene rings is 2. The number of rotatable bonds is 6. The van der Waals surface area contributed by atoms with Gasteiger partial charge in [0.2, 0.25) is 0 Å². The molecule has 0 amide bonds. The molecule has 0 aliphatic rings. The highest BCUT2D eigenvalue weighted by Gasteiger charge is 2.03. The van der Waals surface area contributed by atoms with Crippen LogP contribution in [0.25, 0.3) is 0 Å². The topological polar surface area (TPSA) is 29.3 Å². The number of hydrogen-bond acceptors (Lipinski definition) is 2. The molecule has 2 heteroatoms. The molecule has 2 rings (SSSR count). The molecule has 0 radical (unpaired) electrons. The fourth-order valence-electron chi connectivity index (χ4n) is 2.43. The van der Waals surface area contributed by atoms with Crippen molar-refractivity contribution in [1.82, 2.24) is 0 Å². The maximum Gasteiger partial charge on any atom is 0.0426 e. The minimum absolute atomic E-state index is 0.600. The van der Waals surface area contributed by atoms with Crippen molar-refractivity contribution >= 4 is 5.69 Å². The van der Waals surface area contributed by atoms with E-state index in [2.05, 4.69) is 67.4 Å². The molecule has 0 aliphatic heterocycles. The van der Waals surface area contributed by atoms with E-state index in [0.29, 0.717) is 6.54 Å². The van der Waals surface area contributed by atoms with Crippen molar-refractivity contribution in [1.29, 1.82) is 0 Å². The highest BCUT2D eigenvalue weighted by molar-refractivity contribution is 5.47. The van der Waals surface area contributed by atoms with E-state index in [0.717, 1.165) is 13.0 Å². The second-order valence-electron chi connectivity index (χ2n) is 5.30. The monoisotopic (exact) mass is 268 g/mol. The Balaban J connectivity index is 2.05. The lowest BCUT2D eigenvalue weighted by Crippen LogP contribution is -2.16. The van der Waals surface area contributed by atoms with Crippen LogP contribution in [0.15, 0.2) is 48.5 Å².